The van der Waals surface area contributed by atoms with Gasteiger partial charge in [0.25, 0.3) is 0 Å². The Labute approximate surface area is 162 Å². The van der Waals surface area contributed by atoms with Crippen LogP contribution in [0.2, 0.25) is 0 Å². The number of hydrogen-bond acceptors (Lipinski definition) is 7. The maximum Gasteiger partial charge on any atom is 0.313 e. The smallest absolute Gasteiger partial charge is 0.313 e. The number of esters is 1. The minimum absolute atomic E-state index is 0.338. The van der Waals surface area contributed by atoms with Crippen molar-refractivity contribution in [3.63, 3.8) is 0 Å². The molecule has 7 heteroatoms. The Bertz CT molecular complexity index is 417. The van der Waals surface area contributed by atoms with Gasteiger partial charge in [0.05, 0.1) is 51.7 Å². The van der Waals surface area contributed by atoms with E-state index in [4.69, 9.17) is 23.7 Å². The van der Waals surface area contributed by atoms with Gasteiger partial charge in [-0.15, -0.1) is 0 Å². The van der Waals surface area contributed by atoms with Crippen molar-refractivity contribution in [3.05, 3.63) is 0 Å². The van der Waals surface area contributed by atoms with E-state index in [1.165, 1.54) is 25.7 Å². The fraction of sp³-hybridized carbons (Fsp3) is 0.950. The summed E-state index contributed by atoms with van der Waals surface area (Å²) in [5.41, 5.74) is 0. The number of carbonyl (C=O) groups excluding carboxylic acids is 1. The Kier molecular flexibility index (Phi) is 10.6. The minimum Gasteiger partial charge on any atom is -0.436 e. The van der Waals surface area contributed by atoms with E-state index >= 15 is 0 Å². The van der Waals surface area contributed by atoms with Crippen LogP contribution in [0.5, 0.6) is 0 Å². The average molecular weight is 389 g/mol. The van der Waals surface area contributed by atoms with Gasteiger partial charge >= 0.3 is 5.97 Å². The van der Waals surface area contributed by atoms with Crippen LogP contribution >= 0.6 is 0 Å². The largest absolute Gasteiger partial charge is 0.436 e. The number of ether oxygens (including phenoxy) is 5. The van der Waals surface area contributed by atoms with Gasteiger partial charge in [0.2, 0.25) is 0 Å². The standard InChI is InChI=1S/C20H36O7/c1-15(26-12-11-25-10-9-24-8-7-23-2)27-20(22)18-13-16-5-3-4-6-17(16)14-19(18)21/h15-19,21H,3-14H2,1-2H3. The summed E-state index contributed by atoms with van der Waals surface area (Å²) in [5, 5.41) is 10.4. The van der Waals surface area contributed by atoms with Gasteiger partial charge in [-0.05, 0) is 31.6 Å². The van der Waals surface area contributed by atoms with E-state index in [0.29, 0.717) is 51.5 Å². The summed E-state index contributed by atoms with van der Waals surface area (Å²) in [6.45, 7) is 4.56. The van der Waals surface area contributed by atoms with Crippen molar-refractivity contribution in [2.24, 2.45) is 17.8 Å². The molecular weight excluding hydrogens is 352 g/mol. The second-order valence-corrected chi connectivity index (χ2v) is 7.54. The second-order valence-electron chi connectivity index (χ2n) is 7.54. The third-order valence-electron chi connectivity index (χ3n) is 5.60. The first-order valence-corrected chi connectivity index (χ1v) is 10.3. The summed E-state index contributed by atoms with van der Waals surface area (Å²) in [4.78, 5) is 12.4. The number of fused-ring (bicyclic) bond motifs is 1. The van der Waals surface area contributed by atoms with Crippen molar-refractivity contribution in [1.29, 1.82) is 0 Å². The molecule has 5 atom stereocenters. The molecule has 0 radical (unpaired) electrons. The molecule has 0 bridgehead atoms. The molecule has 0 aromatic heterocycles. The average Bonchev–Trinajstić information content (AvgIpc) is 2.66. The van der Waals surface area contributed by atoms with Crippen LogP contribution < -0.4 is 0 Å². The van der Waals surface area contributed by atoms with E-state index in [1.54, 1.807) is 14.0 Å². The van der Waals surface area contributed by atoms with Gasteiger partial charge in [0.15, 0.2) is 6.29 Å². The lowest BCUT2D eigenvalue weighted by Crippen LogP contribution is -2.42. The van der Waals surface area contributed by atoms with Gasteiger partial charge < -0.3 is 28.8 Å². The van der Waals surface area contributed by atoms with E-state index in [0.717, 1.165) is 12.8 Å². The maximum absolute atomic E-state index is 12.4. The molecule has 0 aliphatic heterocycles. The van der Waals surface area contributed by atoms with E-state index in [9.17, 15) is 9.90 Å². The van der Waals surface area contributed by atoms with Crippen LogP contribution in [0, 0.1) is 17.8 Å². The lowest BCUT2D eigenvalue weighted by atomic mass is 9.66. The monoisotopic (exact) mass is 388 g/mol. The minimum atomic E-state index is -0.643. The topological polar surface area (TPSA) is 83.5 Å². The summed E-state index contributed by atoms with van der Waals surface area (Å²) in [6.07, 6.45) is 5.05. The van der Waals surface area contributed by atoms with E-state index in [2.05, 4.69) is 0 Å². The predicted molar refractivity (Wildman–Crippen MR) is 99.2 cm³/mol. The number of carbonyl (C=O) groups is 1. The molecule has 5 unspecified atom stereocenters. The Morgan fingerprint density at radius 3 is 2.22 bits per heavy atom. The van der Waals surface area contributed by atoms with Crippen molar-refractivity contribution in [3.8, 4) is 0 Å². The lowest BCUT2D eigenvalue weighted by Gasteiger charge is -2.41. The van der Waals surface area contributed by atoms with E-state index in [1.807, 2.05) is 0 Å². The number of aliphatic hydroxyl groups excluding tert-OH is 1. The molecule has 7 nitrogen and oxygen atoms in total. The van der Waals surface area contributed by atoms with Crippen LogP contribution in [0.3, 0.4) is 0 Å². The van der Waals surface area contributed by atoms with Crippen LogP contribution in [0.4, 0.5) is 0 Å². The lowest BCUT2D eigenvalue weighted by molar-refractivity contribution is -0.188. The Morgan fingerprint density at radius 2 is 1.56 bits per heavy atom. The summed E-state index contributed by atoms with van der Waals surface area (Å²) in [6, 6.07) is 0. The van der Waals surface area contributed by atoms with Gasteiger partial charge in [-0.25, -0.2) is 0 Å². The molecule has 2 saturated carbocycles. The van der Waals surface area contributed by atoms with Crippen molar-refractivity contribution < 1.29 is 33.6 Å². The van der Waals surface area contributed by atoms with Crippen LogP contribution in [0.15, 0.2) is 0 Å². The van der Waals surface area contributed by atoms with E-state index < -0.39 is 18.3 Å². The molecule has 27 heavy (non-hydrogen) atoms. The summed E-state index contributed by atoms with van der Waals surface area (Å²) >= 11 is 0. The first-order valence-electron chi connectivity index (χ1n) is 10.3. The van der Waals surface area contributed by atoms with E-state index in [-0.39, 0.29) is 5.97 Å². The molecule has 2 fully saturated rings. The Morgan fingerprint density at radius 1 is 0.963 bits per heavy atom. The maximum atomic E-state index is 12.4. The van der Waals surface area contributed by atoms with Crippen LogP contribution in [-0.2, 0) is 28.5 Å². The third-order valence-corrected chi connectivity index (χ3v) is 5.60. The quantitative estimate of drug-likeness (QED) is 0.312. The third kappa shape index (κ3) is 8.03. The predicted octanol–water partition coefficient (Wildman–Crippen LogP) is 2.15. The molecule has 0 aromatic rings. The van der Waals surface area contributed by atoms with Gasteiger partial charge in [-0.1, -0.05) is 25.7 Å². The number of rotatable bonds is 12. The molecule has 2 rings (SSSR count). The Hall–Kier alpha value is -0.730. The highest BCUT2D eigenvalue weighted by Crippen LogP contribution is 2.43. The van der Waals surface area contributed by atoms with Crippen molar-refractivity contribution in [1.82, 2.24) is 0 Å². The molecular formula is C20H36O7. The summed E-state index contributed by atoms with van der Waals surface area (Å²) in [7, 11) is 1.63. The zero-order chi connectivity index (χ0) is 19.5. The molecule has 158 valence electrons. The highest BCUT2D eigenvalue weighted by Gasteiger charge is 2.41. The highest BCUT2D eigenvalue weighted by molar-refractivity contribution is 5.73. The molecule has 0 amide bonds. The zero-order valence-electron chi connectivity index (χ0n) is 16.8. The molecule has 1 N–H and O–H groups in total. The molecule has 2 aliphatic rings. The van der Waals surface area contributed by atoms with Crippen LogP contribution in [0.1, 0.15) is 45.4 Å². The highest BCUT2D eigenvalue weighted by atomic mass is 16.7. The van der Waals surface area contributed by atoms with Gasteiger partial charge in [0, 0.05) is 7.11 Å². The SMILES string of the molecule is COCCOCCOCCOC(C)OC(=O)C1CC2CCCCC2CC1O. The molecule has 0 aromatic carbocycles. The van der Waals surface area contributed by atoms with Crippen molar-refractivity contribution in [2.45, 2.75) is 57.8 Å². The summed E-state index contributed by atoms with van der Waals surface area (Å²) in [5.74, 6) is 0.361. The molecule has 0 spiro atoms. The second kappa shape index (κ2) is 12.7. The van der Waals surface area contributed by atoms with Crippen molar-refractivity contribution >= 4 is 5.97 Å². The number of hydrogen-bond donors (Lipinski definition) is 1. The fourth-order valence-electron chi connectivity index (χ4n) is 4.14. The van der Waals surface area contributed by atoms with Crippen LogP contribution in [0.25, 0.3) is 0 Å². The molecule has 2 aliphatic carbocycles. The van der Waals surface area contributed by atoms with Gasteiger partial charge in [-0.2, -0.15) is 0 Å². The Balaban J connectivity index is 1.55. The van der Waals surface area contributed by atoms with Gasteiger partial charge in [0.1, 0.15) is 0 Å². The summed E-state index contributed by atoms with van der Waals surface area (Å²) < 4.78 is 26.4. The molecule has 0 heterocycles. The van der Waals surface area contributed by atoms with Crippen LogP contribution in [-0.4, -0.2) is 70.2 Å². The number of methoxy groups -OCH3 is 1. The first-order chi connectivity index (χ1) is 13.1. The zero-order valence-corrected chi connectivity index (χ0v) is 16.8. The normalized spacial score (nSPS) is 29.1. The molecule has 0 saturated heterocycles. The number of aliphatic hydroxyl groups is 1. The van der Waals surface area contributed by atoms with Crippen molar-refractivity contribution in [2.75, 3.05) is 46.8 Å². The van der Waals surface area contributed by atoms with Gasteiger partial charge in [-0.3, -0.25) is 4.79 Å². The fourth-order valence-corrected chi connectivity index (χ4v) is 4.14. The first kappa shape index (κ1) is 22.6.